The second kappa shape index (κ2) is 6.04. The summed E-state index contributed by atoms with van der Waals surface area (Å²) >= 11 is 0. The fourth-order valence-corrected chi connectivity index (χ4v) is 1.88. The topological polar surface area (TPSA) is 87.7 Å². The van der Waals surface area contributed by atoms with E-state index in [1.54, 1.807) is 12.1 Å². The van der Waals surface area contributed by atoms with E-state index >= 15 is 0 Å². The van der Waals surface area contributed by atoms with Crippen LogP contribution in [0, 0.1) is 12.7 Å². The molecule has 0 fully saturated rings. The van der Waals surface area contributed by atoms with Crippen molar-refractivity contribution in [2.24, 2.45) is 10.9 Å². The number of amidine groups is 1. The van der Waals surface area contributed by atoms with Crippen molar-refractivity contribution >= 4 is 17.4 Å². The zero-order chi connectivity index (χ0) is 15.4. The minimum Gasteiger partial charge on any atom is -0.409 e. The van der Waals surface area contributed by atoms with Crippen molar-refractivity contribution in [3.63, 3.8) is 0 Å². The van der Waals surface area contributed by atoms with E-state index in [0.29, 0.717) is 11.3 Å². The number of carbonyl (C=O) groups excluding carboxylic acids is 1. The number of nitrogens with two attached hydrogens (primary N) is 1. The zero-order valence-electron chi connectivity index (χ0n) is 11.3. The van der Waals surface area contributed by atoms with Crippen LogP contribution in [0.1, 0.15) is 21.5 Å². The molecular weight excluding hydrogens is 273 g/mol. The van der Waals surface area contributed by atoms with Gasteiger partial charge < -0.3 is 16.3 Å². The van der Waals surface area contributed by atoms with Gasteiger partial charge in [-0.1, -0.05) is 23.4 Å². The molecule has 0 saturated heterocycles. The summed E-state index contributed by atoms with van der Waals surface area (Å²) in [7, 11) is 0. The Morgan fingerprint density at radius 3 is 2.62 bits per heavy atom. The Kier molecular flexibility index (Phi) is 4.18. The Balaban J connectivity index is 2.28. The zero-order valence-corrected chi connectivity index (χ0v) is 11.3. The van der Waals surface area contributed by atoms with Crippen molar-refractivity contribution in [1.29, 1.82) is 0 Å². The summed E-state index contributed by atoms with van der Waals surface area (Å²) in [6.07, 6.45) is 0. The molecule has 6 heteroatoms. The average molecular weight is 287 g/mol. The van der Waals surface area contributed by atoms with Crippen molar-refractivity contribution in [1.82, 2.24) is 0 Å². The summed E-state index contributed by atoms with van der Waals surface area (Å²) < 4.78 is 13.5. The summed E-state index contributed by atoms with van der Waals surface area (Å²) in [6.45, 7) is 1.82. The van der Waals surface area contributed by atoms with E-state index in [4.69, 9.17) is 10.9 Å². The van der Waals surface area contributed by atoms with Gasteiger partial charge >= 0.3 is 0 Å². The number of benzene rings is 2. The van der Waals surface area contributed by atoms with Crippen LogP contribution in [-0.4, -0.2) is 17.0 Å². The van der Waals surface area contributed by atoms with Crippen LogP contribution in [-0.2, 0) is 0 Å². The van der Waals surface area contributed by atoms with Crippen molar-refractivity contribution in [3.05, 3.63) is 65.0 Å². The van der Waals surface area contributed by atoms with E-state index < -0.39 is 5.82 Å². The molecule has 5 nitrogen and oxygen atoms in total. The van der Waals surface area contributed by atoms with Gasteiger partial charge in [0, 0.05) is 11.3 Å². The third-order valence-electron chi connectivity index (χ3n) is 3.00. The average Bonchev–Trinajstić information content (AvgIpc) is 2.48. The summed E-state index contributed by atoms with van der Waals surface area (Å²) in [5.74, 6) is -1.32. The van der Waals surface area contributed by atoms with Crippen molar-refractivity contribution in [2.75, 3.05) is 5.32 Å². The van der Waals surface area contributed by atoms with E-state index in [1.807, 2.05) is 19.1 Å². The lowest BCUT2D eigenvalue weighted by atomic mass is 10.1. The Hall–Kier alpha value is -2.89. The first-order chi connectivity index (χ1) is 10.0. The van der Waals surface area contributed by atoms with Gasteiger partial charge in [-0.15, -0.1) is 0 Å². The number of aryl methyl sites for hydroxylation is 1. The van der Waals surface area contributed by atoms with E-state index in [-0.39, 0.29) is 17.3 Å². The Morgan fingerprint density at radius 2 is 1.95 bits per heavy atom. The number of nitrogens with zero attached hydrogens (tertiary/aromatic N) is 1. The molecule has 0 aliphatic heterocycles. The summed E-state index contributed by atoms with van der Waals surface area (Å²) in [6, 6.07) is 11.0. The highest BCUT2D eigenvalue weighted by atomic mass is 19.1. The van der Waals surface area contributed by atoms with Crippen LogP contribution in [0.4, 0.5) is 10.1 Å². The van der Waals surface area contributed by atoms with Crippen LogP contribution >= 0.6 is 0 Å². The van der Waals surface area contributed by atoms with Crippen LogP contribution in [0.3, 0.4) is 0 Å². The Morgan fingerprint density at radius 1 is 1.24 bits per heavy atom. The molecule has 4 N–H and O–H groups in total. The van der Waals surface area contributed by atoms with Crippen LogP contribution < -0.4 is 11.1 Å². The van der Waals surface area contributed by atoms with Crippen molar-refractivity contribution < 1.29 is 14.4 Å². The third kappa shape index (κ3) is 3.17. The maximum absolute atomic E-state index is 13.5. The molecular formula is C15H14FN3O2. The highest BCUT2D eigenvalue weighted by Gasteiger charge is 2.12. The number of halogens is 1. The first-order valence-electron chi connectivity index (χ1n) is 6.17. The molecule has 0 heterocycles. The number of carbonyl (C=O) groups is 1. The Labute approximate surface area is 120 Å². The molecule has 0 aliphatic carbocycles. The molecule has 0 aliphatic rings. The van der Waals surface area contributed by atoms with E-state index in [9.17, 15) is 9.18 Å². The number of nitrogens with one attached hydrogen (secondary N) is 1. The summed E-state index contributed by atoms with van der Waals surface area (Å²) in [5.41, 5.74) is 7.00. The molecule has 0 bridgehead atoms. The lowest BCUT2D eigenvalue weighted by molar-refractivity contribution is 0.102. The first kappa shape index (κ1) is 14.5. The predicted molar refractivity (Wildman–Crippen MR) is 78.0 cm³/mol. The fourth-order valence-electron chi connectivity index (χ4n) is 1.88. The van der Waals surface area contributed by atoms with Gasteiger partial charge in [-0.05, 0) is 36.8 Å². The second-order valence-corrected chi connectivity index (χ2v) is 4.45. The fraction of sp³-hybridized carbons (Fsp3) is 0.0667. The van der Waals surface area contributed by atoms with Crippen molar-refractivity contribution in [2.45, 2.75) is 6.92 Å². The molecule has 0 unspecified atom stereocenters. The first-order valence-corrected chi connectivity index (χ1v) is 6.17. The summed E-state index contributed by atoms with van der Waals surface area (Å²) in [4.78, 5) is 12.2. The molecule has 108 valence electrons. The lowest BCUT2D eigenvalue weighted by Gasteiger charge is -2.09. The van der Waals surface area contributed by atoms with E-state index in [0.717, 1.165) is 11.6 Å². The smallest absolute Gasteiger partial charge is 0.255 e. The van der Waals surface area contributed by atoms with Crippen LogP contribution in [0.5, 0.6) is 0 Å². The monoisotopic (exact) mass is 287 g/mol. The number of anilines is 1. The van der Waals surface area contributed by atoms with Crippen LogP contribution in [0.2, 0.25) is 0 Å². The largest absolute Gasteiger partial charge is 0.409 e. The molecule has 0 saturated carbocycles. The maximum Gasteiger partial charge on any atom is 0.255 e. The summed E-state index contributed by atoms with van der Waals surface area (Å²) in [5, 5.41) is 14.0. The quantitative estimate of drug-likeness (QED) is 0.351. The van der Waals surface area contributed by atoms with Gasteiger partial charge in [0.25, 0.3) is 5.91 Å². The van der Waals surface area contributed by atoms with Crippen molar-refractivity contribution in [3.8, 4) is 0 Å². The van der Waals surface area contributed by atoms with Crippen LogP contribution in [0.15, 0.2) is 47.6 Å². The molecule has 0 spiro atoms. The molecule has 2 aromatic rings. The minimum atomic E-state index is -0.640. The standard InChI is InChI=1S/C15H14FN3O2/c1-9-4-2-3-5-11(9)15(20)18-10-6-7-13(16)12(8-10)14(17)19-21/h2-8,21H,1H3,(H2,17,19)(H,18,20). The molecule has 2 rings (SSSR count). The minimum absolute atomic E-state index is 0.0833. The molecule has 0 atom stereocenters. The predicted octanol–water partition coefficient (Wildman–Crippen LogP) is 2.48. The van der Waals surface area contributed by atoms with E-state index in [2.05, 4.69) is 10.5 Å². The highest BCUT2D eigenvalue weighted by molar-refractivity contribution is 6.06. The third-order valence-corrected chi connectivity index (χ3v) is 3.00. The molecule has 21 heavy (non-hydrogen) atoms. The van der Waals surface area contributed by atoms with Gasteiger partial charge in [0.2, 0.25) is 0 Å². The number of hydrogen-bond acceptors (Lipinski definition) is 3. The SMILES string of the molecule is Cc1ccccc1C(=O)Nc1ccc(F)c(C(N)=NO)c1. The number of rotatable bonds is 3. The molecule has 0 aromatic heterocycles. The molecule has 2 aromatic carbocycles. The number of amides is 1. The van der Waals surface area contributed by atoms with Gasteiger partial charge in [-0.25, -0.2) is 4.39 Å². The highest BCUT2D eigenvalue weighted by Crippen LogP contribution is 2.16. The normalized spacial score (nSPS) is 11.2. The van der Waals surface area contributed by atoms with Crippen LogP contribution in [0.25, 0.3) is 0 Å². The second-order valence-electron chi connectivity index (χ2n) is 4.45. The van der Waals surface area contributed by atoms with E-state index in [1.165, 1.54) is 12.1 Å². The Bertz CT molecular complexity index is 714. The molecule has 1 amide bonds. The van der Waals surface area contributed by atoms with Gasteiger partial charge in [0.15, 0.2) is 5.84 Å². The van der Waals surface area contributed by atoms with Gasteiger partial charge in [-0.3, -0.25) is 4.79 Å². The lowest BCUT2D eigenvalue weighted by Crippen LogP contribution is -2.17. The van der Waals surface area contributed by atoms with Gasteiger partial charge in [0.1, 0.15) is 5.82 Å². The number of hydrogen-bond donors (Lipinski definition) is 3. The molecule has 0 radical (unpaired) electrons. The van der Waals surface area contributed by atoms with Gasteiger partial charge in [-0.2, -0.15) is 0 Å². The number of oxime groups is 1. The maximum atomic E-state index is 13.5. The van der Waals surface area contributed by atoms with Gasteiger partial charge in [0.05, 0.1) is 5.56 Å².